The van der Waals surface area contributed by atoms with Crippen LogP contribution in [-0.4, -0.2) is 79.9 Å². The lowest BCUT2D eigenvalue weighted by Crippen LogP contribution is -2.50. The van der Waals surface area contributed by atoms with Crippen molar-refractivity contribution in [1.29, 1.82) is 0 Å². The van der Waals surface area contributed by atoms with Gasteiger partial charge in [0.2, 0.25) is 23.6 Å². The fourth-order valence-electron chi connectivity index (χ4n) is 4.04. The van der Waals surface area contributed by atoms with Crippen LogP contribution in [0, 0.1) is 0 Å². The lowest BCUT2D eigenvalue weighted by Gasteiger charge is -2.24. The second-order valence-electron chi connectivity index (χ2n) is 9.39. The molecule has 5 amide bonds. The maximum Gasteiger partial charge on any atom is 0.255 e. The molecule has 2 atom stereocenters. The van der Waals surface area contributed by atoms with Gasteiger partial charge in [-0.05, 0) is 49.2 Å². The van der Waals surface area contributed by atoms with Gasteiger partial charge in [-0.25, -0.2) is 0 Å². The molecule has 12 nitrogen and oxygen atoms in total. The third-order valence-corrected chi connectivity index (χ3v) is 6.52. The number of primary amides is 1. The number of hydrogen-bond acceptors (Lipinski definition) is 7. The summed E-state index contributed by atoms with van der Waals surface area (Å²) in [4.78, 5) is 64.8. The first kappa shape index (κ1) is 31.2. The van der Waals surface area contributed by atoms with Crippen LogP contribution in [0.1, 0.15) is 36.0 Å². The second kappa shape index (κ2) is 15.5. The lowest BCUT2D eigenvalue weighted by atomic mass is 10.1. The van der Waals surface area contributed by atoms with E-state index in [2.05, 4.69) is 16.0 Å². The predicted octanol–water partition coefficient (Wildman–Crippen LogP) is 1.01. The number of likely N-dealkylation sites (N-methyl/N-ethyl adjacent to an activating group) is 1. The van der Waals surface area contributed by atoms with Crippen LogP contribution < -0.4 is 31.2 Å². The van der Waals surface area contributed by atoms with E-state index in [1.165, 1.54) is 4.90 Å². The fraction of sp³-hybridized carbons (Fsp3) is 0.393. The molecule has 0 spiro atoms. The minimum atomic E-state index is -1.08. The van der Waals surface area contributed by atoms with E-state index in [1.807, 2.05) is 0 Å². The summed E-state index contributed by atoms with van der Waals surface area (Å²) < 4.78 is 11.4. The van der Waals surface area contributed by atoms with Gasteiger partial charge in [0.25, 0.3) is 5.91 Å². The molecule has 0 fully saturated rings. The second-order valence-corrected chi connectivity index (χ2v) is 9.82. The predicted molar refractivity (Wildman–Crippen MR) is 150 cm³/mol. The fourth-order valence-corrected chi connectivity index (χ4v) is 4.16. The molecular formula is C28H34ClN5O7. The molecule has 220 valence electrons. The number of nitrogens with zero attached hydrogens (tertiary/aromatic N) is 1. The summed E-state index contributed by atoms with van der Waals surface area (Å²) in [6, 6.07) is 11.2. The van der Waals surface area contributed by atoms with Gasteiger partial charge in [-0.1, -0.05) is 23.7 Å². The van der Waals surface area contributed by atoms with Crippen LogP contribution >= 0.6 is 11.6 Å². The molecule has 0 aromatic heterocycles. The summed E-state index contributed by atoms with van der Waals surface area (Å²) >= 11 is 5.87. The zero-order chi connectivity index (χ0) is 29.8. The molecule has 1 heterocycles. The number of nitrogens with two attached hydrogens (primary N) is 1. The van der Waals surface area contributed by atoms with Crippen LogP contribution in [0.3, 0.4) is 0 Å². The van der Waals surface area contributed by atoms with Crippen LogP contribution in [0.4, 0.5) is 0 Å². The molecule has 2 aromatic carbocycles. The van der Waals surface area contributed by atoms with E-state index >= 15 is 0 Å². The number of carbonyl (C=O) groups is 5. The average Bonchev–Trinajstić information content (AvgIpc) is 2.95. The summed E-state index contributed by atoms with van der Waals surface area (Å²) in [5, 5.41) is 8.60. The maximum absolute atomic E-state index is 13.2. The van der Waals surface area contributed by atoms with Gasteiger partial charge in [0.15, 0.2) is 0 Å². The molecule has 0 saturated heterocycles. The molecule has 41 heavy (non-hydrogen) atoms. The summed E-state index contributed by atoms with van der Waals surface area (Å²) in [6.45, 7) is 0.500. The number of amides is 5. The highest BCUT2D eigenvalue weighted by molar-refractivity contribution is 6.30. The van der Waals surface area contributed by atoms with Crippen molar-refractivity contribution in [1.82, 2.24) is 20.9 Å². The molecule has 0 saturated carbocycles. The quantitative estimate of drug-likeness (QED) is 0.334. The zero-order valence-corrected chi connectivity index (χ0v) is 23.4. The Bertz CT molecular complexity index is 1240. The molecule has 13 heteroatoms. The Hall–Kier alpha value is -4.32. The Morgan fingerprint density at radius 2 is 1.85 bits per heavy atom. The maximum atomic E-state index is 13.2. The number of hydrogen-bond donors (Lipinski definition) is 4. The van der Waals surface area contributed by atoms with Crippen LogP contribution in [0.2, 0.25) is 5.02 Å². The molecule has 2 aromatic rings. The SMILES string of the molecule is CN1CCOc2ccccc2C(=O)N[C@H](C(=O)NCCOc2ccc(Cl)cc2)CCC(=O)N[C@@H](CCC(N)=O)C1=O. The molecular weight excluding hydrogens is 554 g/mol. The molecule has 0 radical (unpaired) electrons. The molecule has 1 aliphatic heterocycles. The van der Waals surface area contributed by atoms with Crippen molar-refractivity contribution in [2.45, 2.75) is 37.8 Å². The highest BCUT2D eigenvalue weighted by Gasteiger charge is 2.28. The number of rotatable bonds is 8. The standard InChI is InChI=1S/C28H34ClN5O7/c1-34-15-17-41-23-5-3-2-4-20(23)26(37)33-21(11-13-25(36)32-22(28(34)39)10-12-24(30)35)27(38)31-14-16-40-19-8-6-18(29)7-9-19/h2-9,21-22H,10-17H2,1H3,(H2,30,35)(H,31,38)(H,32,36)(H,33,37)/t21-,22-/m0/s1. The van der Waals surface area contributed by atoms with Crippen molar-refractivity contribution >= 4 is 41.1 Å². The Morgan fingerprint density at radius 1 is 1.12 bits per heavy atom. The van der Waals surface area contributed by atoms with E-state index in [4.69, 9.17) is 26.8 Å². The minimum Gasteiger partial charge on any atom is -0.492 e. The highest BCUT2D eigenvalue weighted by Crippen LogP contribution is 2.19. The molecule has 3 rings (SSSR count). The summed E-state index contributed by atoms with van der Waals surface area (Å²) in [5.74, 6) is -1.78. The Balaban J connectivity index is 1.74. The Morgan fingerprint density at radius 3 is 2.59 bits per heavy atom. The van der Waals surface area contributed by atoms with E-state index in [9.17, 15) is 24.0 Å². The van der Waals surface area contributed by atoms with Gasteiger partial charge in [-0.15, -0.1) is 0 Å². The number of carbonyl (C=O) groups excluding carboxylic acids is 5. The van der Waals surface area contributed by atoms with Gasteiger partial charge in [-0.2, -0.15) is 0 Å². The van der Waals surface area contributed by atoms with Crippen molar-refractivity contribution in [2.24, 2.45) is 5.73 Å². The number of halogens is 1. The van der Waals surface area contributed by atoms with Crippen LogP contribution in [0.5, 0.6) is 11.5 Å². The largest absolute Gasteiger partial charge is 0.492 e. The monoisotopic (exact) mass is 587 g/mol. The smallest absolute Gasteiger partial charge is 0.255 e. The average molecular weight is 588 g/mol. The van der Waals surface area contributed by atoms with E-state index in [0.29, 0.717) is 10.8 Å². The van der Waals surface area contributed by atoms with Gasteiger partial charge in [0, 0.05) is 24.9 Å². The number of fused-ring (bicyclic) bond motifs is 1. The Labute approximate surface area is 242 Å². The first-order valence-corrected chi connectivity index (χ1v) is 13.5. The highest BCUT2D eigenvalue weighted by atomic mass is 35.5. The van der Waals surface area contributed by atoms with Crippen molar-refractivity contribution in [3.05, 3.63) is 59.1 Å². The first-order valence-electron chi connectivity index (χ1n) is 13.2. The van der Waals surface area contributed by atoms with Crippen molar-refractivity contribution in [3.63, 3.8) is 0 Å². The number of nitrogens with one attached hydrogen (secondary N) is 3. The van der Waals surface area contributed by atoms with Gasteiger partial charge in [-0.3, -0.25) is 24.0 Å². The number of ether oxygens (including phenoxy) is 2. The molecule has 0 bridgehead atoms. The van der Waals surface area contributed by atoms with Crippen LogP contribution in [0.15, 0.2) is 48.5 Å². The van der Waals surface area contributed by atoms with Crippen LogP contribution in [-0.2, 0) is 19.2 Å². The van der Waals surface area contributed by atoms with Gasteiger partial charge < -0.3 is 36.1 Å². The summed E-state index contributed by atoms with van der Waals surface area (Å²) in [7, 11) is 1.54. The van der Waals surface area contributed by atoms with Crippen molar-refractivity contribution in [2.75, 3.05) is 33.4 Å². The lowest BCUT2D eigenvalue weighted by molar-refractivity contribution is -0.136. The summed E-state index contributed by atoms with van der Waals surface area (Å²) in [5.41, 5.74) is 5.45. The van der Waals surface area contributed by atoms with E-state index in [0.717, 1.165) is 0 Å². The van der Waals surface area contributed by atoms with E-state index in [-0.39, 0.29) is 63.3 Å². The van der Waals surface area contributed by atoms with Crippen molar-refractivity contribution < 1.29 is 33.4 Å². The van der Waals surface area contributed by atoms with Gasteiger partial charge in [0.1, 0.15) is 36.8 Å². The summed E-state index contributed by atoms with van der Waals surface area (Å²) in [6.07, 6.45) is -0.325. The molecule has 1 aliphatic rings. The molecule has 0 aliphatic carbocycles. The van der Waals surface area contributed by atoms with E-state index in [1.54, 1.807) is 55.6 Å². The number of para-hydroxylation sites is 1. The third kappa shape index (κ3) is 9.98. The first-order chi connectivity index (χ1) is 19.6. The molecule has 0 unspecified atom stereocenters. The normalized spacial score (nSPS) is 18.5. The van der Waals surface area contributed by atoms with Gasteiger partial charge in [0.05, 0.1) is 18.7 Å². The third-order valence-electron chi connectivity index (χ3n) is 6.27. The Kier molecular flexibility index (Phi) is 11.8. The topological polar surface area (TPSA) is 169 Å². The molecule has 5 N–H and O–H groups in total. The van der Waals surface area contributed by atoms with Crippen molar-refractivity contribution in [3.8, 4) is 11.5 Å². The number of benzene rings is 2. The minimum absolute atomic E-state index is 0.0161. The zero-order valence-electron chi connectivity index (χ0n) is 22.7. The van der Waals surface area contributed by atoms with E-state index < -0.39 is 41.6 Å². The van der Waals surface area contributed by atoms with Crippen LogP contribution in [0.25, 0.3) is 0 Å². The van der Waals surface area contributed by atoms with Gasteiger partial charge >= 0.3 is 0 Å².